The first kappa shape index (κ1) is 12.8. The van der Waals surface area contributed by atoms with Crippen molar-refractivity contribution in [2.75, 3.05) is 0 Å². The largest absolute Gasteiger partial charge is 0.443 e. The van der Waals surface area contributed by atoms with Crippen LogP contribution < -0.4 is 0 Å². The third kappa shape index (κ3) is 2.62. The van der Waals surface area contributed by atoms with Crippen LogP contribution in [0.4, 0.5) is 13.2 Å². The van der Waals surface area contributed by atoms with Gasteiger partial charge in [0, 0.05) is 6.20 Å². The number of rotatable bonds is 2. The van der Waals surface area contributed by atoms with E-state index in [1.165, 1.54) is 11.3 Å². The molecule has 2 nitrogen and oxygen atoms in total. The maximum atomic E-state index is 12.3. The molecule has 1 N–H and O–H groups in total. The van der Waals surface area contributed by atoms with Crippen molar-refractivity contribution >= 4 is 34.3 Å². The molecule has 17 heavy (non-hydrogen) atoms. The fourth-order valence-corrected chi connectivity index (χ4v) is 3.19. The number of aliphatic hydroxyl groups is 1. The minimum absolute atomic E-state index is 0.127. The lowest BCUT2D eigenvalue weighted by molar-refractivity contribution is -0.137. The quantitative estimate of drug-likeness (QED) is 0.910. The lowest BCUT2D eigenvalue weighted by Crippen LogP contribution is -2.03. The molecule has 2 heterocycles. The maximum Gasteiger partial charge on any atom is 0.443 e. The van der Waals surface area contributed by atoms with Crippen molar-refractivity contribution in [2.45, 2.75) is 12.3 Å². The average molecular weight is 300 g/mol. The fraction of sp³-hybridized carbons (Fsp3) is 0.222. The topological polar surface area (TPSA) is 33.1 Å². The Hall–Kier alpha value is -0.630. The van der Waals surface area contributed by atoms with Crippen molar-refractivity contribution in [1.82, 2.24) is 4.98 Å². The molecule has 2 aromatic rings. The highest BCUT2D eigenvalue weighted by Crippen LogP contribution is 2.38. The van der Waals surface area contributed by atoms with Gasteiger partial charge in [0.15, 0.2) is 5.01 Å². The van der Waals surface area contributed by atoms with Crippen LogP contribution in [0.1, 0.15) is 20.9 Å². The van der Waals surface area contributed by atoms with Gasteiger partial charge in [0.2, 0.25) is 0 Å². The summed E-state index contributed by atoms with van der Waals surface area (Å²) in [4.78, 5) is 3.79. The number of aliphatic hydroxyl groups excluding tert-OH is 1. The highest BCUT2D eigenvalue weighted by molar-refractivity contribution is 7.13. The van der Waals surface area contributed by atoms with Crippen LogP contribution in [0.15, 0.2) is 17.6 Å². The van der Waals surface area contributed by atoms with Gasteiger partial charge in [-0.15, -0.1) is 22.7 Å². The van der Waals surface area contributed by atoms with Gasteiger partial charge < -0.3 is 5.11 Å². The first-order valence-corrected chi connectivity index (χ1v) is 6.41. The summed E-state index contributed by atoms with van der Waals surface area (Å²) in [6.07, 6.45) is -4.62. The zero-order valence-corrected chi connectivity index (χ0v) is 10.4. The summed E-state index contributed by atoms with van der Waals surface area (Å²) in [7, 11) is 0. The SMILES string of the molecule is OC(c1cnc(C(F)(F)F)s1)c1sccc1Cl. The molecule has 0 saturated heterocycles. The number of thiazole rings is 1. The Bertz CT molecular complexity index is 522. The highest BCUT2D eigenvalue weighted by Gasteiger charge is 2.35. The van der Waals surface area contributed by atoms with Crippen LogP contribution in [0.3, 0.4) is 0 Å². The van der Waals surface area contributed by atoms with Crippen molar-refractivity contribution in [2.24, 2.45) is 0 Å². The molecule has 0 aliphatic carbocycles. The molecule has 0 bridgehead atoms. The molecular weight excluding hydrogens is 295 g/mol. The van der Waals surface area contributed by atoms with Crippen molar-refractivity contribution < 1.29 is 18.3 Å². The van der Waals surface area contributed by atoms with E-state index in [0.717, 1.165) is 6.20 Å². The van der Waals surface area contributed by atoms with Crippen LogP contribution in [0, 0.1) is 0 Å². The standard InChI is InChI=1S/C9H5ClF3NOS2/c10-4-1-2-16-7(4)6(15)5-3-14-8(17-5)9(11,12)13/h1-3,6,15H. The van der Waals surface area contributed by atoms with Gasteiger partial charge in [-0.1, -0.05) is 11.6 Å². The van der Waals surface area contributed by atoms with Crippen molar-refractivity contribution in [1.29, 1.82) is 0 Å². The molecular formula is C9H5ClF3NOS2. The maximum absolute atomic E-state index is 12.3. The number of aromatic nitrogens is 1. The molecule has 2 aromatic heterocycles. The van der Waals surface area contributed by atoms with Gasteiger partial charge in [-0.3, -0.25) is 0 Å². The third-order valence-corrected chi connectivity index (χ3v) is 4.43. The number of hydrogen-bond donors (Lipinski definition) is 1. The highest BCUT2D eigenvalue weighted by atomic mass is 35.5. The Labute approximate surface area is 107 Å². The van der Waals surface area contributed by atoms with E-state index < -0.39 is 17.3 Å². The van der Waals surface area contributed by atoms with Crippen molar-refractivity contribution in [3.63, 3.8) is 0 Å². The van der Waals surface area contributed by atoms with E-state index in [1.807, 2.05) is 0 Å². The molecule has 1 unspecified atom stereocenters. The van der Waals surface area contributed by atoms with Gasteiger partial charge in [-0.05, 0) is 11.4 Å². The van der Waals surface area contributed by atoms with Gasteiger partial charge in [-0.2, -0.15) is 13.2 Å². The van der Waals surface area contributed by atoms with E-state index >= 15 is 0 Å². The molecule has 0 aliphatic heterocycles. The van der Waals surface area contributed by atoms with Gasteiger partial charge in [0.25, 0.3) is 0 Å². The molecule has 8 heteroatoms. The molecule has 0 amide bonds. The summed E-state index contributed by atoms with van der Waals surface area (Å²) in [5.41, 5.74) is 0. The second-order valence-corrected chi connectivity index (χ2v) is 5.52. The van der Waals surface area contributed by atoms with E-state index in [1.54, 1.807) is 11.4 Å². The zero-order chi connectivity index (χ0) is 12.6. The minimum atomic E-state index is -4.48. The van der Waals surface area contributed by atoms with E-state index in [4.69, 9.17) is 11.6 Å². The van der Waals surface area contributed by atoms with Crippen LogP contribution >= 0.6 is 34.3 Å². The van der Waals surface area contributed by atoms with Crippen LogP contribution in [-0.4, -0.2) is 10.1 Å². The Kier molecular flexibility index (Phi) is 3.44. The fourth-order valence-electron chi connectivity index (χ4n) is 1.17. The Morgan fingerprint density at radius 3 is 2.59 bits per heavy atom. The Morgan fingerprint density at radius 2 is 2.12 bits per heavy atom. The summed E-state index contributed by atoms with van der Waals surface area (Å²) in [5, 5.41) is 10.9. The van der Waals surface area contributed by atoms with Crippen molar-refractivity contribution in [3.05, 3.63) is 37.4 Å². The molecule has 0 saturated carbocycles. The van der Waals surface area contributed by atoms with Crippen LogP contribution in [-0.2, 0) is 6.18 Å². The molecule has 0 spiro atoms. The first-order valence-electron chi connectivity index (χ1n) is 4.33. The summed E-state index contributed by atoms with van der Waals surface area (Å²) in [6, 6.07) is 1.58. The smallest absolute Gasteiger partial charge is 0.382 e. The number of alkyl halides is 3. The Morgan fingerprint density at radius 1 is 1.41 bits per heavy atom. The molecule has 0 radical (unpaired) electrons. The van der Waals surface area contributed by atoms with E-state index in [2.05, 4.69) is 4.98 Å². The van der Waals surface area contributed by atoms with E-state index in [0.29, 0.717) is 21.2 Å². The van der Waals surface area contributed by atoms with Gasteiger partial charge in [-0.25, -0.2) is 4.98 Å². The summed E-state index contributed by atoms with van der Waals surface area (Å²) < 4.78 is 37.0. The summed E-state index contributed by atoms with van der Waals surface area (Å²) in [5.74, 6) is 0. The van der Waals surface area contributed by atoms with Gasteiger partial charge in [0.1, 0.15) is 6.10 Å². The normalized spacial score (nSPS) is 13.9. The van der Waals surface area contributed by atoms with Gasteiger partial charge in [0.05, 0.1) is 14.8 Å². The molecule has 92 valence electrons. The second-order valence-electron chi connectivity index (χ2n) is 3.10. The summed E-state index contributed by atoms with van der Waals surface area (Å²) in [6.45, 7) is 0. The van der Waals surface area contributed by atoms with E-state index in [9.17, 15) is 18.3 Å². The molecule has 0 aromatic carbocycles. The number of hydrogen-bond acceptors (Lipinski definition) is 4. The number of thiophene rings is 1. The van der Waals surface area contributed by atoms with Crippen LogP contribution in [0.25, 0.3) is 0 Å². The zero-order valence-electron chi connectivity index (χ0n) is 8.03. The third-order valence-electron chi connectivity index (χ3n) is 1.93. The monoisotopic (exact) mass is 299 g/mol. The van der Waals surface area contributed by atoms with Crippen LogP contribution in [0.2, 0.25) is 5.02 Å². The predicted molar refractivity (Wildman–Crippen MR) is 60.5 cm³/mol. The first-order chi connectivity index (χ1) is 7.89. The van der Waals surface area contributed by atoms with Crippen molar-refractivity contribution in [3.8, 4) is 0 Å². The average Bonchev–Trinajstić information content (AvgIpc) is 2.83. The predicted octanol–water partition coefficient (Wildman–Crippen LogP) is 3.96. The Balaban J connectivity index is 2.30. The summed E-state index contributed by atoms with van der Waals surface area (Å²) >= 11 is 7.40. The second kappa shape index (κ2) is 4.56. The molecule has 0 fully saturated rings. The lowest BCUT2D eigenvalue weighted by atomic mass is 10.2. The minimum Gasteiger partial charge on any atom is -0.382 e. The number of halogens is 4. The van der Waals surface area contributed by atoms with E-state index in [-0.39, 0.29) is 4.88 Å². The lowest BCUT2D eigenvalue weighted by Gasteiger charge is -2.05. The molecule has 2 rings (SSSR count). The van der Waals surface area contributed by atoms with Gasteiger partial charge >= 0.3 is 6.18 Å². The number of nitrogens with zero attached hydrogens (tertiary/aromatic N) is 1. The molecule has 1 atom stereocenters. The molecule has 0 aliphatic rings. The van der Waals surface area contributed by atoms with Crippen LogP contribution in [0.5, 0.6) is 0 Å².